The highest BCUT2D eigenvalue weighted by molar-refractivity contribution is 5.25. The van der Waals surface area contributed by atoms with E-state index >= 15 is 0 Å². The van der Waals surface area contributed by atoms with E-state index in [0.717, 1.165) is 5.56 Å². The highest BCUT2D eigenvalue weighted by Crippen LogP contribution is 2.26. The first-order chi connectivity index (χ1) is 7.60. The minimum absolute atomic E-state index is 0.00666. The number of aliphatic hydroxyl groups is 2. The Morgan fingerprint density at radius 3 is 2.25 bits per heavy atom. The van der Waals surface area contributed by atoms with Gasteiger partial charge >= 0.3 is 0 Å². The molecule has 0 heterocycles. The third-order valence-corrected chi connectivity index (χ3v) is 2.86. The van der Waals surface area contributed by atoms with Gasteiger partial charge in [-0.2, -0.15) is 0 Å². The van der Waals surface area contributed by atoms with E-state index in [1.54, 1.807) is 0 Å². The summed E-state index contributed by atoms with van der Waals surface area (Å²) >= 11 is 0. The van der Waals surface area contributed by atoms with Gasteiger partial charge in [0, 0.05) is 25.2 Å². The third kappa shape index (κ3) is 3.04. The largest absolute Gasteiger partial charge is 0.396 e. The Kier molecular flexibility index (Phi) is 4.93. The molecule has 0 radical (unpaired) electrons. The molecule has 0 fully saturated rings. The summed E-state index contributed by atoms with van der Waals surface area (Å²) in [7, 11) is 3.93. The quantitative estimate of drug-likeness (QED) is 0.788. The van der Waals surface area contributed by atoms with Crippen LogP contribution in [0.25, 0.3) is 0 Å². The van der Waals surface area contributed by atoms with Gasteiger partial charge in [0.05, 0.1) is 0 Å². The van der Waals surface area contributed by atoms with Gasteiger partial charge in [0.1, 0.15) is 0 Å². The number of rotatable bonds is 5. The van der Waals surface area contributed by atoms with Crippen LogP contribution >= 0.6 is 0 Å². The van der Waals surface area contributed by atoms with E-state index in [4.69, 9.17) is 0 Å². The lowest BCUT2D eigenvalue weighted by atomic mass is 9.92. The Morgan fingerprint density at radius 2 is 1.81 bits per heavy atom. The van der Waals surface area contributed by atoms with Crippen molar-refractivity contribution < 1.29 is 10.2 Å². The highest BCUT2D eigenvalue weighted by atomic mass is 16.3. The molecule has 0 amide bonds. The zero-order chi connectivity index (χ0) is 12.1. The van der Waals surface area contributed by atoms with Gasteiger partial charge < -0.3 is 15.1 Å². The van der Waals surface area contributed by atoms with Crippen molar-refractivity contribution in [2.24, 2.45) is 5.92 Å². The van der Waals surface area contributed by atoms with Crippen molar-refractivity contribution in [1.82, 2.24) is 4.90 Å². The molecule has 1 atom stereocenters. The van der Waals surface area contributed by atoms with Crippen molar-refractivity contribution in [1.29, 1.82) is 0 Å². The molecule has 0 aliphatic heterocycles. The minimum atomic E-state index is -0.142. The lowest BCUT2D eigenvalue weighted by molar-refractivity contribution is 0.0808. The zero-order valence-electron chi connectivity index (χ0n) is 10.2. The Hall–Kier alpha value is -0.900. The van der Waals surface area contributed by atoms with Gasteiger partial charge in [-0.25, -0.2) is 0 Å². The Bertz CT molecular complexity index is 321. The molecule has 0 unspecified atom stereocenters. The molecule has 0 bridgehead atoms. The van der Waals surface area contributed by atoms with E-state index < -0.39 is 0 Å². The van der Waals surface area contributed by atoms with Crippen molar-refractivity contribution >= 4 is 0 Å². The normalized spacial score (nSPS) is 13.4. The van der Waals surface area contributed by atoms with Crippen LogP contribution in [0.2, 0.25) is 0 Å². The summed E-state index contributed by atoms with van der Waals surface area (Å²) in [6.07, 6.45) is 0. The van der Waals surface area contributed by atoms with E-state index in [1.165, 1.54) is 5.56 Å². The number of hydrogen-bond donors (Lipinski definition) is 2. The van der Waals surface area contributed by atoms with Gasteiger partial charge in [-0.3, -0.25) is 0 Å². The summed E-state index contributed by atoms with van der Waals surface area (Å²) in [5.74, 6) is -0.142. The Morgan fingerprint density at radius 1 is 1.19 bits per heavy atom. The molecule has 1 aromatic carbocycles. The molecule has 3 heteroatoms. The SMILES string of the molecule is Cc1cccc([C@@H](C(CO)CO)N(C)C)c1. The number of aliphatic hydroxyl groups excluding tert-OH is 2. The van der Waals surface area contributed by atoms with Gasteiger partial charge in [-0.1, -0.05) is 29.8 Å². The molecule has 0 aliphatic rings. The van der Waals surface area contributed by atoms with Crippen molar-refractivity contribution in [2.45, 2.75) is 13.0 Å². The number of benzene rings is 1. The van der Waals surface area contributed by atoms with E-state index in [9.17, 15) is 10.2 Å². The molecular formula is C13H21NO2. The fourth-order valence-electron chi connectivity index (χ4n) is 2.10. The molecule has 90 valence electrons. The van der Waals surface area contributed by atoms with Gasteiger partial charge in [-0.05, 0) is 26.6 Å². The minimum Gasteiger partial charge on any atom is -0.396 e. The zero-order valence-corrected chi connectivity index (χ0v) is 10.2. The summed E-state index contributed by atoms with van der Waals surface area (Å²) in [5, 5.41) is 18.6. The lowest BCUT2D eigenvalue weighted by Gasteiger charge is -2.30. The Balaban J connectivity index is 3.02. The monoisotopic (exact) mass is 223 g/mol. The number of hydrogen-bond acceptors (Lipinski definition) is 3. The molecule has 0 spiro atoms. The van der Waals surface area contributed by atoms with Gasteiger partial charge in [0.25, 0.3) is 0 Å². The van der Waals surface area contributed by atoms with Crippen molar-refractivity contribution in [3.05, 3.63) is 35.4 Å². The first-order valence-electron chi connectivity index (χ1n) is 5.54. The number of nitrogens with zero attached hydrogens (tertiary/aromatic N) is 1. The van der Waals surface area contributed by atoms with Crippen LogP contribution in [-0.2, 0) is 0 Å². The molecular weight excluding hydrogens is 202 g/mol. The van der Waals surface area contributed by atoms with Crippen LogP contribution in [0.4, 0.5) is 0 Å². The van der Waals surface area contributed by atoms with Crippen LogP contribution in [0, 0.1) is 12.8 Å². The van der Waals surface area contributed by atoms with Crippen molar-refractivity contribution in [2.75, 3.05) is 27.3 Å². The molecule has 1 rings (SSSR count). The van der Waals surface area contributed by atoms with Crippen LogP contribution < -0.4 is 0 Å². The van der Waals surface area contributed by atoms with E-state index in [0.29, 0.717) is 0 Å². The molecule has 1 aromatic rings. The topological polar surface area (TPSA) is 43.7 Å². The van der Waals surface area contributed by atoms with Gasteiger partial charge in [-0.15, -0.1) is 0 Å². The smallest absolute Gasteiger partial charge is 0.0499 e. The van der Waals surface area contributed by atoms with Crippen LogP contribution in [0.1, 0.15) is 17.2 Å². The first-order valence-corrected chi connectivity index (χ1v) is 5.54. The van der Waals surface area contributed by atoms with Crippen molar-refractivity contribution in [3.63, 3.8) is 0 Å². The summed E-state index contributed by atoms with van der Waals surface area (Å²) in [4.78, 5) is 2.03. The maximum Gasteiger partial charge on any atom is 0.0499 e. The maximum atomic E-state index is 9.29. The van der Waals surface area contributed by atoms with E-state index in [2.05, 4.69) is 6.07 Å². The second-order valence-corrected chi connectivity index (χ2v) is 4.45. The predicted molar refractivity (Wildman–Crippen MR) is 65.3 cm³/mol. The molecule has 16 heavy (non-hydrogen) atoms. The van der Waals surface area contributed by atoms with Gasteiger partial charge in [0.2, 0.25) is 0 Å². The van der Waals surface area contributed by atoms with Crippen molar-refractivity contribution in [3.8, 4) is 0 Å². The summed E-state index contributed by atoms with van der Waals surface area (Å²) in [6, 6.07) is 8.24. The van der Waals surface area contributed by atoms with E-state index in [1.807, 2.05) is 44.1 Å². The highest BCUT2D eigenvalue weighted by Gasteiger charge is 2.23. The standard InChI is InChI=1S/C13H21NO2/c1-10-5-4-6-11(7-10)13(14(2)3)12(8-15)9-16/h4-7,12-13,15-16H,8-9H2,1-3H3/t13-/m0/s1. The predicted octanol–water partition coefficient (Wildman–Crippen LogP) is 1.20. The molecule has 0 aromatic heterocycles. The van der Waals surface area contributed by atoms with Crippen LogP contribution in [0.3, 0.4) is 0 Å². The fraction of sp³-hybridized carbons (Fsp3) is 0.538. The van der Waals surface area contributed by atoms with Crippen LogP contribution in [-0.4, -0.2) is 42.4 Å². The molecule has 2 N–H and O–H groups in total. The van der Waals surface area contributed by atoms with Crippen LogP contribution in [0.5, 0.6) is 0 Å². The maximum absolute atomic E-state index is 9.29. The molecule has 0 saturated carbocycles. The average Bonchev–Trinajstić information content (AvgIpc) is 2.24. The first kappa shape index (κ1) is 13.2. The third-order valence-electron chi connectivity index (χ3n) is 2.86. The second kappa shape index (κ2) is 5.99. The fourth-order valence-corrected chi connectivity index (χ4v) is 2.10. The summed E-state index contributed by atoms with van der Waals surface area (Å²) < 4.78 is 0. The lowest BCUT2D eigenvalue weighted by Crippen LogP contribution is -2.31. The molecule has 0 aliphatic carbocycles. The summed E-state index contributed by atoms with van der Waals surface area (Å²) in [6.45, 7) is 2.03. The van der Waals surface area contributed by atoms with Crippen LogP contribution in [0.15, 0.2) is 24.3 Å². The Labute approximate surface area is 97.3 Å². The summed E-state index contributed by atoms with van der Waals surface area (Å²) in [5.41, 5.74) is 2.33. The molecule has 0 saturated heterocycles. The second-order valence-electron chi connectivity index (χ2n) is 4.45. The van der Waals surface area contributed by atoms with Gasteiger partial charge in [0.15, 0.2) is 0 Å². The molecule has 3 nitrogen and oxygen atoms in total. The van der Waals surface area contributed by atoms with E-state index in [-0.39, 0.29) is 25.2 Å². The average molecular weight is 223 g/mol. The number of aryl methyl sites for hydroxylation is 1.